The number of benzene rings is 2. The van der Waals surface area contributed by atoms with Gasteiger partial charge in [0.25, 0.3) is 5.91 Å². The zero-order chi connectivity index (χ0) is 28.1. The number of halogens is 3. The van der Waals surface area contributed by atoms with Gasteiger partial charge >= 0.3 is 6.61 Å². The third-order valence-electron chi connectivity index (χ3n) is 6.20. The number of fused-ring (bicyclic) bond motifs is 1. The molecule has 0 bridgehead atoms. The summed E-state index contributed by atoms with van der Waals surface area (Å²) in [5.74, 6) is -0.498. The van der Waals surface area contributed by atoms with Crippen molar-refractivity contribution in [1.82, 2.24) is 35.7 Å². The zero-order valence-corrected chi connectivity index (χ0v) is 22.9. The average molecular weight is 586 g/mol. The van der Waals surface area contributed by atoms with Crippen molar-refractivity contribution in [1.29, 1.82) is 0 Å². The lowest BCUT2D eigenvalue weighted by Crippen LogP contribution is -2.37. The SMILES string of the molecule is CSc1ccc(CNCCN2C=C(NC(=O)c3cnn4cccnc34)C(c3cc(Cl)ccc3OC(F)F)N2)cc1. The number of hydrogen-bond donors (Lipinski definition) is 3. The lowest BCUT2D eigenvalue weighted by Gasteiger charge is -2.23. The topological polar surface area (TPSA) is 95.8 Å². The number of amides is 1. The number of rotatable bonds is 11. The Morgan fingerprint density at radius 1 is 1.25 bits per heavy atom. The maximum atomic E-state index is 13.3. The molecule has 1 amide bonds. The van der Waals surface area contributed by atoms with Gasteiger partial charge < -0.3 is 20.4 Å². The molecule has 0 radical (unpaired) electrons. The standard InChI is InChI=1S/C27H26ClF2N7O2S/c1-40-19-6-3-17(4-7-19)14-31-10-12-36-16-22(34-26(38)21-15-33-37-11-2-9-32-25(21)37)24(35-36)20-13-18(28)5-8-23(20)39-27(29)30/h2-9,11,13,15-16,24,27,31,35H,10,12,14H2,1H3,(H,34,38). The summed E-state index contributed by atoms with van der Waals surface area (Å²) in [6.45, 7) is -1.22. The number of hydrazine groups is 1. The molecule has 40 heavy (non-hydrogen) atoms. The minimum atomic E-state index is -3.03. The van der Waals surface area contributed by atoms with E-state index in [9.17, 15) is 13.6 Å². The number of nitrogens with one attached hydrogen (secondary N) is 3. The van der Waals surface area contributed by atoms with Crippen LogP contribution in [-0.4, -0.2) is 51.5 Å². The minimum absolute atomic E-state index is 0.0524. The van der Waals surface area contributed by atoms with Gasteiger partial charge in [0.05, 0.1) is 17.9 Å². The summed E-state index contributed by atoms with van der Waals surface area (Å²) >= 11 is 7.92. The van der Waals surface area contributed by atoms with E-state index in [4.69, 9.17) is 16.3 Å². The van der Waals surface area contributed by atoms with Gasteiger partial charge in [-0.15, -0.1) is 11.8 Å². The van der Waals surface area contributed by atoms with Gasteiger partial charge in [-0.1, -0.05) is 23.7 Å². The highest BCUT2D eigenvalue weighted by Gasteiger charge is 2.31. The molecule has 0 spiro atoms. The van der Waals surface area contributed by atoms with Crippen LogP contribution in [0.1, 0.15) is 27.5 Å². The highest BCUT2D eigenvalue weighted by atomic mass is 35.5. The van der Waals surface area contributed by atoms with Crippen molar-refractivity contribution in [2.24, 2.45) is 0 Å². The number of ether oxygens (including phenoxy) is 1. The van der Waals surface area contributed by atoms with Crippen molar-refractivity contribution in [2.45, 2.75) is 24.1 Å². The van der Waals surface area contributed by atoms with Crippen LogP contribution in [0.25, 0.3) is 5.65 Å². The lowest BCUT2D eigenvalue weighted by atomic mass is 10.0. The van der Waals surface area contributed by atoms with Crippen LogP contribution in [0.4, 0.5) is 8.78 Å². The largest absolute Gasteiger partial charge is 0.434 e. The predicted molar refractivity (Wildman–Crippen MR) is 149 cm³/mol. The Bertz CT molecular complexity index is 1520. The Balaban J connectivity index is 1.33. The van der Waals surface area contributed by atoms with E-state index in [1.54, 1.807) is 41.4 Å². The third-order valence-corrected chi connectivity index (χ3v) is 7.18. The van der Waals surface area contributed by atoms with E-state index in [1.807, 2.05) is 6.26 Å². The Kier molecular flexibility index (Phi) is 8.80. The summed E-state index contributed by atoms with van der Waals surface area (Å²) in [5.41, 5.74) is 5.85. The third kappa shape index (κ3) is 6.53. The zero-order valence-electron chi connectivity index (χ0n) is 21.4. The van der Waals surface area contributed by atoms with E-state index < -0.39 is 18.6 Å². The molecule has 1 atom stereocenters. The summed E-state index contributed by atoms with van der Waals surface area (Å²) in [7, 11) is 0. The van der Waals surface area contributed by atoms with Gasteiger partial charge in [-0.25, -0.2) is 14.9 Å². The molecule has 208 valence electrons. The van der Waals surface area contributed by atoms with E-state index in [1.165, 1.54) is 33.8 Å². The molecular formula is C27H26ClF2N7O2S. The average Bonchev–Trinajstić information content (AvgIpc) is 3.56. The summed E-state index contributed by atoms with van der Waals surface area (Å²) in [5, 5.41) is 12.6. The molecule has 2 aromatic heterocycles. The minimum Gasteiger partial charge on any atom is -0.434 e. The van der Waals surface area contributed by atoms with E-state index in [2.05, 4.69) is 50.4 Å². The van der Waals surface area contributed by atoms with Crippen LogP contribution in [0.2, 0.25) is 5.02 Å². The van der Waals surface area contributed by atoms with Gasteiger partial charge in [-0.3, -0.25) is 4.79 Å². The highest BCUT2D eigenvalue weighted by molar-refractivity contribution is 7.98. The smallest absolute Gasteiger partial charge is 0.387 e. The first-order valence-electron chi connectivity index (χ1n) is 12.3. The quantitative estimate of drug-likeness (QED) is 0.173. The summed E-state index contributed by atoms with van der Waals surface area (Å²) in [6, 6.07) is 13.7. The molecule has 9 nitrogen and oxygen atoms in total. The van der Waals surface area contributed by atoms with Crippen molar-refractivity contribution < 1.29 is 18.3 Å². The Hall–Kier alpha value is -3.71. The van der Waals surface area contributed by atoms with Crippen LogP contribution in [0.3, 0.4) is 0 Å². The van der Waals surface area contributed by atoms with Crippen LogP contribution in [0.15, 0.2) is 83.9 Å². The molecule has 1 aliphatic rings. The molecule has 1 aliphatic heterocycles. The van der Waals surface area contributed by atoms with Crippen molar-refractivity contribution in [3.63, 3.8) is 0 Å². The fourth-order valence-electron chi connectivity index (χ4n) is 4.30. The van der Waals surface area contributed by atoms with Crippen molar-refractivity contribution >= 4 is 34.9 Å². The first-order chi connectivity index (χ1) is 19.4. The number of carbonyl (C=O) groups is 1. The summed E-state index contributed by atoms with van der Waals surface area (Å²) < 4.78 is 32.7. The van der Waals surface area contributed by atoms with Gasteiger partial charge in [0.15, 0.2) is 5.65 Å². The van der Waals surface area contributed by atoms with Gasteiger partial charge in [0.2, 0.25) is 0 Å². The molecule has 0 fully saturated rings. The Morgan fingerprint density at radius 3 is 2.85 bits per heavy atom. The Labute approximate surface area is 238 Å². The van der Waals surface area contributed by atoms with E-state index in [0.717, 1.165) is 5.56 Å². The fourth-order valence-corrected chi connectivity index (χ4v) is 4.88. The van der Waals surface area contributed by atoms with Crippen molar-refractivity contribution in [2.75, 3.05) is 19.3 Å². The maximum absolute atomic E-state index is 13.3. The second kappa shape index (κ2) is 12.6. The van der Waals surface area contributed by atoms with E-state index >= 15 is 0 Å². The normalized spacial score (nSPS) is 15.1. The molecule has 13 heteroatoms. The van der Waals surface area contributed by atoms with Crippen molar-refractivity contribution in [3.05, 3.63) is 101 Å². The fraction of sp³-hybridized carbons (Fsp3) is 0.222. The van der Waals surface area contributed by atoms with E-state index in [0.29, 0.717) is 41.6 Å². The molecule has 4 aromatic rings. The van der Waals surface area contributed by atoms with Gasteiger partial charge in [-0.2, -0.15) is 13.9 Å². The number of hydrogen-bond acceptors (Lipinski definition) is 8. The monoisotopic (exact) mass is 585 g/mol. The van der Waals surface area contributed by atoms with Crippen LogP contribution in [0, 0.1) is 0 Å². The summed E-state index contributed by atoms with van der Waals surface area (Å²) in [6.07, 6.45) is 8.44. The molecule has 1 unspecified atom stereocenters. The molecule has 2 aromatic carbocycles. The Morgan fingerprint density at radius 2 is 2.08 bits per heavy atom. The second-order valence-electron chi connectivity index (χ2n) is 8.83. The maximum Gasteiger partial charge on any atom is 0.387 e. The molecule has 0 saturated carbocycles. The number of alkyl halides is 2. The molecule has 3 heterocycles. The lowest BCUT2D eigenvalue weighted by molar-refractivity contribution is -0.0507. The van der Waals surface area contributed by atoms with E-state index in [-0.39, 0.29) is 11.3 Å². The van der Waals surface area contributed by atoms with Gasteiger partial charge in [0, 0.05) is 53.7 Å². The van der Waals surface area contributed by atoms with Gasteiger partial charge in [0.1, 0.15) is 11.3 Å². The second-order valence-corrected chi connectivity index (χ2v) is 10.1. The predicted octanol–water partition coefficient (Wildman–Crippen LogP) is 4.63. The number of aromatic nitrogens is 3. The highest BCUT2D eigenvalue weighted by Crippen LogP contribution is 2.35. The van der Waals surface area contributed by atoms with Crippen molar-refractivity contribution in [3.8, 4) is 5.75 Å². The molecule has 3 N–H and O–H groups in total. The molecule has 0 saturated heterocycles. The van der Waals surface area contributed by atoms with Crippen LogP contribution in [0.5, 0.6) is 5.75 Å². The van der Waals surface area contributed by atoms with Crippen LogP contribution in [-0.2, 0) is 6.54 Å². The van der Waals surface area contributed by atoms with Gasteiger partial charge in [-0.05, 0) is 48.2 Å². The summed E-state index contributed by atoms with van der Waals surface area (Å²) in [4.78, 5) is 18.7. The number of carbonyl (C=O) groups excluding carboxylic acids is 1. The number of thioether (sulfide) groups is 1. The first kappa shape index (κ1) is 27.8. The molecule has 5 rings (SSSR count). The first-order valence-corrected chi connectivity index (χ1v) is 13.9. The molecule has 0 aliphatic carbocycles. The molecular weight excluding hydrogens is 560 g/mol. The number of nitrogens with zero attached hydrogens (tertiary/aromatic N) is 4. The van der Waals surface area contributed by atoms with Crippen LogP contribution >= 0.6 is 23.4 Å². The van der Waals surface area contributed by atoms with Crippen LogP contribution < -0.4 is 20.8 Å².